The Morgan fingerprint density at radius 3 is 2.47 bits per heavy atom. The quantitative estimate of drug-likeness (QED) is 0.661. The molecule has 3 aromatic rings. The molecule has 0 unspecified atom stereocenters. The van der Waals surface area contributed by atoms with Crippen LogP contribution in [0.3, 0.4) is 0 Å². The number of hydrogen-bond donors (Lipinski definition) is 1. The first-order chi connectivity index (χ1) is 15.6. The molecule has 2 saturated heterocycles. The van der Waals surface area contributed by atoms with Crippen LogP contribution in [0.25, 0.3) is 22.3 Å². The van der Waals surface area contributed by atoms with Crippen molar-refractivity contribution in [3.63, 3.8) is 0 Å². The van der Waals surface area contributed by atoms with Gasteiger partial charge < -0.3 is 14.9 Å². The molecule has 0 bridgehead atoms. The van der Waals surface area contributed by atoms with Gasteiger partial charge in [-0.25, -0.2) is 9.97 Å². The maximum atomic E-state index is 13.0. The van der Waals surface area contributed by atoms with Gasteiger partial charge in [-0.1, -0.05) is 18.2 Å². The second kappa shape index (κ2) is 8.77. The number of aromatic nitrogens is 2. The Morgan fingerprint density at radius 1 is 0.969 bits per heavy atom. The van der Waals surface area contributed by atoms with Crippen LogP contribution < -0.4 is 4.90 Å². The number of nitrogens with zero attached hydrogens (tertiary/aromatic N) is 4. The Bertz CT molecular complexity index is 1130. The lowest BCUT2D eigenvalue weighted by Crippen LogP contribution is -2.44. The van der Waals surface area contributed by atoms with Crippen LogP contribution in [-0.2, 0) is 4.79 Å². The summed E-state index contributed by atoms with van der Waals surface area (Å²) in [6, 6.07) is 13.4. The highest BCUT2D eigenvalue weighted by Crippen LogP contribution is 2.34. The molecule has 2 fully saturated rings. The summed E-state index contributed by atoms with van der Waals surface area (Å²) in [5, 5.41) is 11.4. The Labute approximate surface area is 188 Å². The summed E-state index contributed by atoms with van der Waals surface area (Å²) >= 11 is 0. The minimum Gasteiger partial charge on any atom is -0.507 e. The van der Waals surface area contributed by atoms with E-state index in [0.29, 0.717) is 17.3 Å². The second-order valence-corrected chi connectivity index (χ2v) is 9.06. The minimum atomic E-state index is 0.109. The van der Waals surface area contributed by atoms with E-state index >= 15 is 0 Å². The van der Waals surface area contributed by atoms with Crippen molar-refractivity contribution in [2.24, 2.45) is 5.92 Å². The molecule has 0 spiro atoms. The summed E-state index contributed by atoms with van der Waals surface area (Å²) in [6.45, 7) is 5.48. The zero-order valence-corrected chi connectivity index (χ0v) is 18.6. The van der Waals surface area contributed by atoms with Crippen LogP contribution >= 0.6 is 0 Å². The van der Waals surface area contributed by atoms with Gasteiger partial charge in [-0.05, 0) is 68.9 Å². The van der Waals surface area contributed by atoms with Gasteiger partial charge in [-0.2, -0.15) is 0 Å². The SMILES string of the molecule is Cc1ccc2c(N3CCC(C(=O)N4CCCCC4)CC3)nc(-c3ccccc3O)nc2c1. The van der Waals surface area contributed by atoms with Gasteiger partial charge >= 0.3 is 0 Å². The number of rotatable bonds is 3. The number of amides is 1. The number of piperidine rings is 2. The average molecular weight is 431 g/mol. The first kappa shape index (κ1) is 20.7. The molecule has 2 aliphatic heterocycles. The van der Waals surface area contributed by atoms with Crippen molar-refractivity contribution in [3.8, 4) is 17.1 Å². The van der Waals surface area contributed by atoms with E-state index in [2.05, 4.69) is 34.9 Å². The van der Waals surface area contributed by atoms with Crippen LogP contribution in [0.4, 0.5) is 5.82 Å². The predicted molar refractivity (Wildman–Crippen MR) is 127 cm³/mol. The van der Waals surface area contributed by atoms with Crippen LogP contribution in [0.1, 0.15) is 37.7 Å². The summed E-state index contributed by atoms with van der Waals surface area (Å²) in [5.74, 6) is 2.04. The Balaban J connectivity index is 1.44. The number of likely N-dealkylation sites (tertiary alicyclic amines) is 1. The van der Waals surface area contributed by atoms with E-state index in [1.807, 2.05) is 12.1 Å². The molecule has 6 heteroatoms. The Morgan fingerprint density at radius 2 is 1.72 bits per heavy atom. The fraction of sp³-hybridized carbons (Fsp3) is 0.423. The third-order valence-electron chi connectivity index (χ3n) is 6.79. The summed E-state index contributed by atoms with van der Waals surface area (Å²) in [4.78, 5) is 27.0. The number of phenols is 1. The maximum absolute atomic E-state index is 13.0. The predicted octanol–water partition coefficient (Wildman–Crippen LogP) is 4.54. The van der Waals surface area contributed by atoms with Crippen molar-refractivity contribution < 1.29 is 9.90 Å². The second-order valence-electron chi connectivity index (χ2n) is 9.06. The molecule has 0 aliphatic carbocycles. The molecule has 6 nitrogen and oxygen atoms in total. The fourth-order valence-corrected chi connectivity index (χ4v) is 4.96. The third-order valence-corrected chi connectivity index (χ3v) is 6.79. The number of phenolic OH excluding ortho intramolecular Hbond substituents is 1. The molecular weight excluding hydrogens is 400 g/mol. The largest absolute Gasteiger partial charge is 0.507 e. The van der Waals surface area contributed by atoms with Gasteiger partial charge in [0, 0.05) is 37.5 Å². The number of hydrogen-bond acceptors (Lipinski definition) is 5. The lowest BCUT2D eigenvalue weighted by molar-refractivity contribution is -0.137. The normalized spacial score (nSPS) is 17.7. The van der Waals surface area contributed by atoms with Gasteiger partial charge in [0.05, 0.1) is 11.1 Å². The van der Waals surface area contributed by atoms with Crippen molar-refractivity contribution in [3.05, 3.63) is 48.0 Å². The van der Waals surface area contributed by atoms with E-state index < -0.39 is 0 Å². The standard InChI is InChI=1S/C26H30N4O2/c1-18-9-10-20-22(17-18)27-24(21-7-3-4-8-23(21)31)28-25(20)29-15-11-19(12-16-29)26(32)30-13-5-2-6-14-30/h3-4,7-10,17,19,31H,2,5-6,11-16H2,1H3. The highest BCUT2D eigenvalue weighted by Gasteiger charge is 2.30. The Hall–Kier alpha value is -3.15. The van der Waals surface area contributed by atoms with E-state index in [1.54, 1.807) is 12.1 Å². The first-order valence-electron chi connectivity index (χ1n) is 11.7. The summed E-state index contributed by atoms with van der Waals surface area (Å²) in [6.07, 6.45) is 5.19. The summed E-state index contributed by atoms with van der Waals surface area (Å²) in [5.41, 5.74) is 2.64. The van der Waals surface area contributed by atoms with Crippen LogP contribution in [-0.4, -0.2) is 52.1 Å². The topological polar surface area (TPSA) is 69.6 Å². The van der Waals surface area contributed by atoms with Gasteiger partial charge in [-0.3, -0.25) is 4.79 Å². The molecule has 0 radical (unpaired) electrons. The number of para-hydroxylation sites is 1. The third kappa shape index (κ3) is 4.01. The number of anilines is 1. The number of carbonyl (C=O) groups excluding carboxylic acids is 1. The lowest BCUT2D eigenvalue weighted by Gasteiger charge is -2.36. The lowest BCUT2D eigenvalue weighted by atomic mass is 9.94. The van der Waals surface area contributed by atoms with E-state index in [0.717, 1.165) is 74.1 Å². The molecule has 5 rings (SSSR count). The first-order valence-corrected chi connectivity index (χ1v) is 11.7. The van der Waals surface area contributed by atoms with Gasteiger partial charge in [0.25, 0.3) is 0 Å². The molecule has 1 aromatic heterocycles. The summed E-state index contributed by atoms with van der Waals surface area (Å²) < 4.78 is 0. The fourth-order valence-electron chi connectivity index (χ4n) is 4.96. The summed E-state index contributed by atoms with van der Waals surface area (Å²) in [7, 11) is 0. The van der Waals surface area contributed by atoms with Crippen molar-refractivity contribution in [1.29, 1.82) is 0 Å². The van der Waals surface area contributed by atoms with Crippen LogP contribution in [0.2, 0.25) is 0 Å². The van der Waals surface area contributed by atoms with Gasteiger partial charge in [0.15, 0.2) is 5.82 Å². The molecule has 2 aromatic carbocycles. The van der Waals surface area contributed by atoms with Crippen molar-refractivity contribution in [1.82, 2.24) is 14.9 Å². The zero-order chi connectivity index (χ0) is 22.1. The van der Waals surface area contributed by atoms with Crippen LogP contribution in [0, 0.1) is 12.8 Å². The van der Waals surface area contributed by atoms with Gasteiger partial charge in [0.2, 0.25) is 5.91 Å². The van der Waals surface area contributed by atoms with Crippen molar-refractivity contribution in [2.45, 2.75) is 39.0 Å². The number of aromatic hydroxyl groups is 1. The molecular formula is C26H30N4O2. The number of fused-ring (bicyclic) bond motifs is 1. The molecule has 3 heterocycles. The number of benzene rings is 2. The monoisotopic (exact) mass is 430 g/mol. The molecule has 0 atom stereocenters. The van der Waals surface area contributed by atoms with Crippen LogP contribution in [0.15, 0.2) is 42.5 Å². The molecule has 166 valence electrons. The van der Waals surface area contributed by atoms with Gasteiger partial charge in [0.1, 0.15) is 11.6 Å². The highest BCUT2D eigenvalue weighted by molar-refractivity contribution is 5.92. The molecule has 1 amide bonds. The van der Waals surface area contributed by atoms with E-state index in [1.165, 1.54) is 6.42 Å². The smallest absolute Gasteiger partial charge is 0.225 e. The molecule has 2 aliphatic rings. The number of carbonyl (C=O) groups is 1. The molecule has 0 saturated carbocycles. The van der Waals surface area contributed by atoms with E-state index in [4.69, 9.17) is 9.97 Å². The van der Waals surface area contributed by atoms with E-state index in [-0.39, 0.29) is 11.7 Å². The Kier molecular flexibility index (Phi) is 5.68. The average Bonchev–Trinajstić information content (AvgIpc) is 2.83. The van der Waals surface area contributed by atoms with Crippen molar-refractivity contribution >= 4 is 22.6 Å². The molecule has 1 N–H and O–H groups in total. The van der Waals surface area contributed by atoms with Crippen LogP contribution in [0.5, 0.6) is 5.75 Å². The maximum Gasteiger partial charge on any atom is 0.225 e. The minimum absolute atomic E-state index is 0.109. The van der Waals surface area contributed by atoms with E-state index in [9.17, 15) is 9.90 Å². The highest BCUT2D eigenvalue weighted by atomic mass is 16.3. The molecule has 32 heavy (non-hydrogen) atoms. The van der Waals surface area contributed by atoms with Gasteiger partial charge in [-0.15, -0.1) is 0 Å². The number of aryl methyl sites for hydroxylation is 1. The zero-order valence-electron chi connectivity index (χ0n) is 18.6. The van der Waals surface area contributed by atoms with Crippen molar-refractivity contribution in [2.75, 3.05) is 31.1 Å².